The number of nitrogens with zero attached hydrogens (tertiary/aromatic N) is 7. The molecule has 0 aliphatic carbocycles. The number of alkyl halides is 2. The van der Waals surface area contributed by atoms with Crippen molar-refractivity contribution in [2.24, 2.45) is 5.92 Å². The fraction of sp³-hybridized carbons (Fsp3) is 0.333. The van der Waals surface area contributed by atoms with Crippen molar-refractivity contribution in [3.05, 3.63) is 78.0 Å². The monoisotopic (exact) mass is 572 g/mol. The number of carbonyl (C=O) groups is 2. The summed E-state index contributed by atoms with van der Waals surface area (Å²) in [5.74, 6) is -0.783. The Bertz CT molecular complexity index is 1660. The number of fused-ring (bicyclic) bond motifs is 4. The Balaban J connectivity index is 1.38. The van der Waals surface area contributed by atoms with Gasteiger partial charge in [0.1, 0.15) is 0 Å². The molecule has 42 heavy (non-hydrogen) atoms. The first kappa shape index (κ1) is 27.4. The molecule has 2 atom stereocenters. The third kappa shape index (κ3) is 5.19. The minimum absolute atomic E-state index is 0.0979. The second-order valence-electron chi connectivity index (χ2n) is 10.8. The van der Waals surface area contributed by atoms with Crippen LogP contribution in [-0.2, 0) is 9.59 Å². The third-order valence-corrected chi connectivity index (χ3v) is 7.94. The van der Waals surface area contributed by atoms with Gasteiger partial charge in [-0.25, -0.2) is 9.36 Å². The van der Waals surface area contributed by atoms with Gasteiger partial charge in [0.15, 0.2) is 0 Å². The van der Waals surface area contributed by atoms with Crippen LogP contribution in [0.5, 0.6) is 0 Å². The smallest absolute Gasteiger partial charge is 0.330 e. The van der Waals surface area contributed by atoms with Gasteiger partial charge >= 0.3 is 6.55 Å². The molecule has 2 aliphatic rings. The molecule has 0 fully saturated rings. The van der Waals surface area contributed by atoms with Gasteiger partial charge in [-0.1, -0.05) is 30.2 Å². The minimum Gasteiger partial charge on any atom is -0.330 e. The van der Waals surface area contributed by atoms with Crippen molar-refractivity contribution >= 4 is 23.1 Å². The van der Waals surface area contributed by atoms with Crippen LogP contribution < -0.4 is 5.32 Å². The number of halogens is 2. The zero-order valence-corrected chi connectivity index (χ0v) is 23.2. The van der Waals surface area contributed by atoms with E-state index in [1.54, 1.807) is 53.3 Å². The number of amides is 2. The number of aromatic nitrogens is 6. The summed E-state index contributed by atoms with van der Waals surface area (Å²) in [6.07, 6.45) is 10.2. The lowest BCUT2D eigenvalue weighted by molar-refractivity contribution is -0.129. The Morgan fingerprint density at radius 3 is 2.71 bits per heavy atom. The van der Waals surface area contributed by atoms with Gasteiger partial charge in [0, 0.05) is 35.9 Å². The third-order valence-electron chi connectivity index (χ3n) is 7.94. The van der Waals surface area contributed by atoms with Gasteiger partial charge in [0.05, 0.1) is 47.4 Å². The van der Waals surface area contributed by atoms with Crippen LogP contribution in [0.4, 0.5) is 14.5 Å². The van der Waals surface area contributed by atoms with E-state index in [1.807, 2.05) is 25.1 Å². The van der Waals surface area contributed by atoms with Crippen molar-refractivity contribution in [3.63, 3.8) is 0 Å². The predicted octanol–water partition coefficient (Wildman–Crippen LogP) is 5.34. The summed E-state index contributed by atoms with van der Waals surface area (Å²) in [4.78, 5) is 33.1. The van der Waals surface area contributed by atoms with Crippen molar-refractivity contribution in [1.82, 2.24) is 34.7 Å². The quantitative estimate of drug-likeness (QED) is 0.353. The second kappa shape index (κ2) is 11.3. The van der Waals surface area contributed by atoms with Crippen LogP contribution in [0.15, 0.2) is 61.2 Å². The van der Waals surface area contributed by atoms with Crippen LogP contribution in [0.3, 0.4) is 0 Å². The average Bonchev–Trinajstić information content (AvgIpc) is 3.66. The van der Waals surface area contributed by atoms with Crippen molar-refractivity contribution in [3.8, 4) is 16.9 Å². The highest BCUT2D eigenvalue weighted by atomic mass is 19.3. The van der Waals surface area contributed by atoms with Gasteiger partial charge in [0.2, 0.25) is 11.8 Å². The summed E-state index contributed by atoms with van der Waals surface area (Å²) in [6.45, 7) is 1.35. The minimum atomic E-state index is -2.90. The lowest BCUT2D eigenvalue weighted by Gasteiger charge is -2.35. The standard InChI is InChI=1S/C30H30F2N8O2/c1-18-6-7-25(39-13-11-34-37-39)22(14-18)20-9-12-38(27(41)16-20)26-5-3-4-19(2)29(42)36-24-17-35-40(30(31)32)28(24)21-8-10-33-23(26)15-21/h6-8,10-11,13-17,19,26,30H,3-5,9,12H2,1-2H3,(H,36,42)/t19-,26+/m1/s1. The Morgan fingerprint density at radius 2 is 1.95 bits per heavy atom. The molecule has 2 bridgehead atoms. The molecule has 5 heterocycles. The molecule has 0 radical (unpaired) electrons. The number of rotatable bonds is 4. The molecule has 0 spiro atoms. The number of aryl methyl sites for hydroxylation is 1. The number of hydrogen-bond donors (Lipinski definition) is 1. The fourth-order valence-corrected chi connectivity index (χ4v) is 5.76. The van der Waals surface area contributed by atoms with E-state index < -0.39 is 12.6 Å². The molecule has 12 heteroatoms. The summed E-state index contributed by atoms with van der Waals surface area (Å²) in [6, 6.07) is 8.94. The first-order valence-electron chi connectivity index (χ1n) is 13.9. The van der Waals surface area contributed by atoms with Crippen LogP contribution in [0.25, 0.3) is 22.5 Å². The molecule has 0 saturated heterocycles. The summed E-state index contributed by atoms with van der Waals surface area (Å²) in [5, 5.41) is 14.7. The van der Waals surface area contributed by atoms with Gasteiger partial charge < -0.3 is 10.2 Å². The Morgan fingerprint density at radius 1 is 1.10 bits per heavy atom. The number of pyridine rings is 1. The van der Waals surface area contributed by atoms with Crippen molar-refractivity contribution in [2.45, 2.75) is 52.1 Å². The van der Waals surface area contributed by atoms with Crippen LogP contribution >= 0.6 is 0 Å². The molecule has 3 aromatic heterocycles. The maximum Gasteiger partial charge on any atom is 0.333 e. The Kier molecular flexibility index (Phi) is 7.36. The van der Waals surface area contributed by atoms with Gasteiger partial charge in [-0.3, -0.25) is 14.6 Å². The molecule has 1 N–H and O–H groups in total. The van der Waals surface area contributed by atoms with Crippen LogP contribution in [0.2, 0.25) is 0 Å². The maximum atomic E-state index is 13.9. The van der Waals surface area contributed by atoms with Gasteiger partial charge in [-0.2, -0.15) is 13.9 Å². The van der Waals surface area contributed by atoms with Crippen molar-refractivity contribution < 1.29 is 18.4 Å². The Labute approximate surface area is 241 Å². The summed E-state index contributed by atoms with van der Waals surface area (Å²) < 4.78 is 30.1. The topological polar surface area (TPSA) is 111 Å². The normalized spacial score (nSPS) is 19.5. The van der Waals surface area contributed by atoms with E-state index in [4.69, 9.17) is 0 Å². The van der Waals surface area contributed by atoms with Gasteiger partial charge in [0.25, 0.3) is 0 Å². The first-order valence-corrected chi connectivity index (χ1v) is 13.9. The lowest BCUT2D eigenvalue weighted by Crippen LogP contribution is -2.38. The van der Waals surface area contributed by atoms with E-state index in [-0.39, 0.29) is 29.1 Å². The van der Waals surface area contributed by atoms with Crippen LogP contribution in [0, 0.1) is 12.8 Å². The molecule has 4 aromatic rings. The molecular formula is C30H30F2N8O2. The van der Waals surface area contributed by atoms with Crippen LogP contribution in [0.1, 0.15) is 62.0 Å². The van der Waals surface area contributed by atoms with E-state index in [9.17, 15) is 18.4 Å². The zero-order valence-electron chi connectivity index (χ0n) is 23.2. The number of hydrogen-bond acceptors (Lipinski definition) is 6. The van der Waals surface area contributed by atoms with Crippen LogP contribution in [-0.4, -0.2) is 53.0 Å². The molecule has 10 nitrogen and oxygen atoms in total. The summed E-state index contributed by atoms with van der Waals surface area (Å²) in [5.41, 5.74) is 5.06. The van der Waals surface area contributed by atoms with Crippen molar-refractivity contribution in [2.75, 3.05) is 11.9 Å². The average molecular weight is 573 g/mol. The second-order valence-corrected chi connectivity index (χ2v) is 10.8. The number of benzene rings is 1. The first-order chi connectivity index (χ1) is 20.3. The zero-order chi connectivity index (χ0) is 29.4. The molecule has 216 valence electrons. The predicted molar refractivity (Wildman–Crippen MR) is 151 cm³/mol. The number of carbonyl (C=O) groups excluding carboxylic acids is 2. The number of nitrogens with one attached hydrogen (secondary N) is 1. The SMILES string of the molecule is Cc1ccc(-n2ccnn2)c(C2=CC(=O)N([C@H]3CCC[C@@H](C)C(=O)Nc4cnn(C(F)F)c4-c4ccnc3c4)CC2)c1. The molecule has 2 aliphatic heterocycles. The molecule has 0 unspecified atom stereocenters. The Hall–Kier alpha value is -4.74. The highest BCUT2D eigenvalue weighted by Crippen LogP contribution is 2.37. The highest BCUT2D eigenvalue weighted by Gasteiger charge is 2.31. The van der Waals surface area contributed by atoms with E-state index in [0.29, 0.717) is 48.2 Å². The van der Waals surface area contributed by atoms with E-state index in [1.165, 1.54) is 6.20 Å². The van der Waals surface area contributed by atoms with E-state index >= 15 is 0 Å². The van der Waals surface area contributed by atoms with Gasteiger partial charge in [-0.05, 0) is 56.0 Å². The summed E-state index contributed by atoms with van der Waals surface area (Å²) >= 11 is 0. The highest BCUT2D eigenvalue weighted by molar-refractivity contribution is 5.98. The molecule has 0 saturated carbocycles. The maximum absolute atomic E-state index is 13.9. The lowest BCUT2D eigenvalue weighted by atomic mass is 9.92. The molecule has 2 amide bonds. The largest absolute Gasteiger partial charge is 0.333 e. The van der Waals surface area contributed by atoms with Gasteiger partial charge in [-0.15, -0.1) is 5.10 Å². The van der Waals surface area contributed by atoms with E-state index in [2.05, 4.69) is 25.7 Å². The van der Waals surface area contributed by atoms with E-state index in [0.717, 1.165) is 22.4 Å². The molecule has 1 aromatic carbocycles. The number of anilines is 1. The molecular weight excluding hydrogens is 542 g/mol. The van der Waals surface area contributed by atoms with Crippen molar-refractivity contribution in [1.29, 1.82) is 0 Å². The fourth-order valence-electron chi connectivity index (χ4n) is 5.76. The summed E-state index contributed by atoms with van der Waals surface area (Å²) in [7, 11) is 0. The molecule has 6 rings (SSSR count).